The normalized spacial score (nSPS) is 10.8. The summed E-state index contributed by atoms with van der Waals surface area (Å²) in [6, 6.07) is 38.9. The van der Waals surface area contributed by atoms with Gasteiger partial charge in [0.2, 0.25) is 0 Å². The first kappa shape index (κ1) is 18.9. The number of hydrogen-bond acceptors (Lipinski definition) is 3. The van der Waals surface area contributed by atoms with E-state index in [1.54, 1.807) is 0 Å². The first-order valence-corrected chi connectivity index (χ1v) is 11.6. The van der Waals surface area contributed by atoms with Crippen LogP contribution in [0, 0.1) is 0 Å². The van der Waals surface area contributed by atoms with Crippen LogP contribution < -0.4 is 10.4 Å². The second-order valence-electron chi connectivity index (χ2n) is 7.18. The molecule has 0 saturated heterocycles. The molecule has 0 aliphatic rings. The minimum absolute atomic E-state index is 1.18. The zero-order chi connectivity index (χ0) is 20.3. The minimum atomic E-state index is 1.18. The first-order valence-electron chi connectivity index (χ1n) is 9.95. The van der Waals surface area contributed by atoms with E-state index in [0.717, 1.165) is 0 Å². The van der Waals surface area contributed by atoms with E-state index in [2.05, 4.69) is 122 Å². The number of hydrogen-bond donors (Lipinski definition) is 0. The number of thiophene rings is 2. The van der Waals surface area contributed by atoms with Crippen LogP contribution in [-0.2, 0) is 0 Å². The average Bonchev–Trinajstić information content (AvgIpc) is 3.47. The molecule has 144 valence electrons. The van der Waals surface area contributed by atoms with Gasteiger partial charge in [0, 0.05) is 15.4 Å². The highest BCUT2D eigenvalue weighted by Crippen LogP contribution is 2.45. The average molecular weight is 421 g/mol. The van der Waals surface area contributed by atoms with Gasteiger partial charge in [0.15, 0.2) is 0 Å². The summed E-state index contributed by atoms with van der Waals surface area (Å²) < 4.78 is 0. The van der Waals surface area contributed by atoms with Crippen molar-refractivity contribution in [3.8, 4) is 20.9 Å². The Morgan fingerprint density at radius 1 is 0.500 bits per heavy atom. The molecular formula is C26H20BNS2. The summed E-state index contributed by atoms with van der Waals surface area (Å²) >= 11 is 3.65. The lowest BCUT2D eigenvalue weighted by Crippen LogP contribution is -2.08. The second-order valence-corrected chi connectivity index (χ2v) is 9.30. The Morgan fingerprint density at radius 3 is 1.43 bits per heavy atom. The molecule has 3 aromatic carbocycles. The fourth-order valence-corrected chi connectivity index (χ4v) is 5.62. The van der Waals surface area contributed by atoms with Crippen molar-refractivity contribution in [1.29, 1.82) is 0 Å². The van der Waals surface area contributed by atoms with Crippen LogP contribution in [0.2, 0.25) is 0 Å². The fourth-order valence-electron chi connectivity index (χ4n) is 3.47. The Kier molecular flexibility index (Phi) is 5.27. The van der Waals surface area contributed by atoms with Crippen LogP contribution in [0.25, 0.3) is 20.9 Å². The zero-order valence-corrected chi connectivity index (χ0v) is 18.3. The number of rotatable bonds is 5. The Balaban J connectivity index is 1.58. The molecule has 2 aromatic heterocycles. The number of nitrogens with zero attached hydrogens (tertiary/aromatic N) is 1. The maximum Gasteiger partial charge on any atom is 0.139 e. The van der Waals surface area contributed by atoms with E-state index in [0.29, 0.717) is 0 Å². The third-order valence-corrected chi connectivity index (χ3v) is 7.27. The zero-order valence-electron chi connectivity index (χ0n) is 16.7. The Labute approximate surface area is 186 Å². The minimum Gasteiger partial charge on any atom is -0.293 e. The molecular weight excluding hydrogens is 401 g/mol. The fraction of sp³-hybridized carbons (Fsp3) is 0. The predicted octanol–water partition coefficient (Wildman–Crippen LogP) is 6.87. The van der Waals surface area contributed by atoms with Crippen molar-refractivity contribution in [3.63, 3.8) is 0 Å². The summed E-state index contributed by atoms with van der Waals surface area (Å²) in [7, 11) is 2.13. The van der Waals surface area contributed by atoms with Gasteiger partial charge in [0.1, 0.15) is 17.8 Å². The van der Waals surface area contributed by atoms with Crippen LogP contribution in [0.1, 0.15) is 0 Å². The Bertz CT molecular complexity index is 1160. The summed E-state index contributed by atoms with van der Waals surface area (Å²) in [6.07, 6.45) is 0. The first-order chi connectivity index (χ1) is 14.8. The van der Waals surface area contributed by atoms with Crippen LogP contribution in [0.4, 0.5) is 15.7 Å². The monoisotopic (exact) mass is 421 g/mol. The quantitative estimate of drug-likeness (QED) is 0.280. The molecule has 5 rings (SSSR count). The van der Waals surface area contributed by atoms with Crippen molar-refractivity contribution in [3.05, 3.63) is 109 Å². The Hall–Kier alpha value is -3.08. The molecule has 0 aliphatic carbocycles. The molecule has 4 heteroatoms. The summed E-state index contributed by atoms with van der Waals surface area (Å²) in [4.78, 5) is 4.93. The van der Waals surface area contributed by atoms with Gasteiger partial charge in [-0.15, -0.1) is 22.7 Å². The van der Waals surface area contributed by atoms with E-state index in [9.17, 15) is 0 Å². The van der Waals surface area contributed by atoms with Gasteiger partial charge >= 0.3 is 0 Å². The van der Waals surface area contributed by atoms with E-state index in [4.69, 9.17) is 0 Å². The van der Waals surface area contributed by atoms with Gasteiger partial charge in [-0.2, -0.15) is 0 Å². The summed E-state index contributed by atoms with van der Waals surface area (Å²) in [6.45, 7) is 0. The van der Waals surface area contributed by atoms with Gasteiger partial charge in [-0.25, -0.2) is 0 Å². The van der Waals surface area contributed by atoms with Crippen LogP contribution in [0.3, 0.4) is 0 Å². The van der Waals surface area contributed by atoms with Crippen LogP contribution >= 0.6 is 22.7 Å². The molecule has 0 N–H and O–H groups in total. The molecule has 5 aromatic rings. The van der Waals surface area contributed by atoms with Gasteiger partial charge in [-0.3, -0.25) is 4.90 Å². The molecule has 0 aliphatic heterocycles. The van der Waals surface area contributed by atoms with Crippen molar-refractivity contribution in [2.45, 2.75) is 0 Å². The number of benzene rings is 3. The Morgan fingerprint density at radius 2 is 0.967 bits per heavy atom. The standard InChI is InChI=1S/C26H20BNS2/c27-21-11-13-22(14-12-21)28(25-17-15-23(29-25)19-7-3-1-4-8-19)26-18-16-24(30-26)20-9-5-2-6-10-20/h1-18H,27H2. The molecule has 0 atom stereocenters. The molecule has 0 fully saturated rings. The summed E-state index contributed by atoms with van der Waals surface area (Å²) in [5.74, 6) is 0. The lowest BCUT2D eigenvalue weighted by atomic mass is 9.96. The highest BCUT2D eigenvalue weighted by Gasteiger charge is 2.17. The SMILES string of the molecule is Bc1ccc(N(c2ccc(-c3ccccc3)s2)c2ccc(-c3ccccc3)s2)cc1. The molecule has 0 spiro atoms. The van der Waals surface area contributed by atoms with E-state index < -0.39 is 0 Å². The van der Waals surface area contributed by atoms with Gasteiger partial charge in [-0.05, 0) is 47.5 Å². The van der Waals surface area contributed by atoms with Crippen LogP contribution in [0.15, 0.2) is 109 Å². The van der Waals surface area contributed by atoms with Crippen LogP contribution in [0.5, 0.6) is 0 Å². The molecule has 0 saturated carbocycles. The molecule has 1 nitrogen and oxygen atoms in total. The van der Waals surface area contributed by atoms with Gasteiger partial charge in [-0.1, -0.05) is 78.3 Å². The van der Waals surface area contributed by atoms with E-state index in [-0.39, 0.29) is 0 Å². The van der Waals surface area contributed by atoms with E-state index in [1.807, 2.05) is 22.7 Å². The highest BCUT2D eigenvalue weighted by atomic mass is 32.1. The number of anilines is 3. The van der Waals surface area contributed by atoms with Crippen molar-refractivity contribution < 1.29 is 0 Å². The topological polar surface area (TPSA) is 3.24 Å². The molecule has 30 heavy (non-hydrogen) atoms. The third kappa shape index (κ3) is 3.84. The van der Waals surface area contributed by atoms with Gasteiger partial charge < -0.3 is 0 Å². The van der Waals surface area contributed by atoms with Crippen molar-refractivity contribution in [2.24, 2.45) is 0 Å². The lowest BCUT2D eigenvalue weighted by Gasteiger charge is -2.21. The van der Waals surface area contributed by atoms with Crippen molar-refractivity contribution in [2.75, 3.05) is 4.90 Å². The van der Waals surface area contributed by atoms with Crippen LogP contribution in [-0.4, -0.2) is 7.85 Å². The van der Waals surface area contributed by atoms with E-state index in [1.165, 1.54) is 42.0 Å². The van der Waals surface area contributed by atoms with Crippen molar-refractivity contribution in [1.82, 2.24) is 0 Å². The van der Waals surface area contributed by atoms with Gasteiger partial charge in [0.05, 0.1) is 0 Å². The highest BCUT2D eigenvalue weighted by molar-refractivity contribution is 7.21. The lowest BCUT2D eigenvalue weighted by molar-refractivity contribution is 1.36. The summed E-state index contributed by atoms with van der Waals surface area (Å²) in [5, 5.41) is 2.44. The maximum absolute atomic E-state index is 2.37. The summed E-state index contributed by atoms with van der Waals surface area (Å²) in [5.41, 5.74) is 4.97. The van der Waals surface area contributed by atoms with E-state index >= 15 is 0 Å². The second kappa shape index (κ2) is 8.35. The van der Waals surface area contributed by atoms with Gasteiger partial charge in [0.25, 0.3) is 0 Å². The third-order valence-electron chi connectivity index (χ3n) is 5.03. The molecule has 0 unspecified atom stereocenters. The predicted molar refractivity (Wildman–Crippen MR) is 136 cm³/mol. The molecule has 2 heterocycles. The molecule has 0 radical (unpaired) electrons. The molecule has 0 bridgehead atoms. The maximum atomic E-state index is 2.37. The smallest absolute Gasteiger partial charge is 0.139 e. The van der Waals surface area contributed by atoms with Crippen molar-refractivity contribution >= 4 is 51.7 Å². The largest absolute Gasteiger partial charge is 0.293 e. The molecule has 0 amide bonds.